The summed E-state index contributed by atoms with van der Waals surface area (Å²) in [5.74, 6) is 0.796. The zero-order valence-electron chi connectivity index (χ0n) is 8.29. The third kappa shape index (κ3) is 2.50. The number of rotatable bonds is 4. The van der Waals surface area contributed by atoms with Crippen molar-refractivity contribution in [1.29, 1.82) is 0 Å². The maximum absolute atomic E-state index is 5.92. The van der Waals surface area contributed by atoms with E-state index >= 15 is 0 Å². The van der Waals surface area contributed by atoms with Gasteiger partial charge in [0.15, 0.2) is 0 Å². The molecule has 1 fully saturated rings. The molecule has 2 rings (SSSR count). The molecular weight excluding hydrogens is 214 g/mol. The van der Waals surface area contributed by atoms with Crippen molar-refractivity contribution < 1.29 is 0 Å². The number of halogens is 1. The van der Waals surface area contributed by atoms with E-state index < -0.39 is 0 Å². The van der Waals surface area contributed by atoms with Gasteiger partial charge in [-0.3, -0.25) is 4.90 Å². The Bertz CT molecular complexity index is 260. The van der Waals surface area contributed by atoms with Crippen LogP contribution in [0.4, 0.5) is 0 Å². The van der Waals surface area contributed by atoms with Crippen molar-refractivity contribution in [3.8, 4) is 0 Å². The first-order chi connectivity index (χ1) is 6.90. The second-order valence-corrected chi connectivity index (χ2v) is 5.16. The van der Waals surface area contributed by atoms with Gasteiger partial charge in [0, 0.05) is 23.3 Å². The topological polar surface area (TPSA) is 3.24 Å². The summed E-state index contributed by atoms with van der Waals surface area (Å²) >= 11 is 7.78. The van der Waals surface area contributed by atoms with Gasteiger partial charge in [0.25, 0.3) is 0 Å². The molecular formula is C11H16ClNS. The molecule has 14 heavy (non-hydrogen) atoms. The standard InChI is InChI=1S/C11H16ClNS/c12-9-10-3-1-6-13(10)7-5-11-4-2-8-14-11/h2,4,8,10H,1,3,5-7,9H2. The van der Waals surface area contributed by atoms with E-state index in [0.717, 1.165) is 5.88 Å². The number of likely N-dealkylation sites (tertiary alicyclic amines) is 1. The Hall–Kier alpha value is -0.0500. The smallest absolute Gasteiger partial charge is 0.0379 e. The van der Waals surface area contributed by atoms with Crippen LogP contribution in [0.15, 0.2) is 17.5 Å². The highest BCUT2D eigenvalue weighted by Gasteiger charge is 2.22. The van der Waals surface area contributed by atoms with Gasteiger partial charge in [0.2, 0.25) is 0 Å². The first-order valence-corrected chi connectivity index (χ1v) is 6.64. The highest BCUT2D eigenvalue weighted by Crippen LogP contribution is 2.19. The van der Waals surface area contributed by atoms with Crippen molar-refractivity contribution in [2.45, 2.75) is 25.3 Å². The lowest BCUT2D eigenvalue weighted by atomic mass is 10.2. The fourth-order valence-corrected chi connectivity index (χ4v) is 3.12. The van der Waals surface area contributed by atoms with Crippen LogP contribution in [0.2, 0.25) is 0 Å². The van der Waals surface area contributed by atoms with Crippen LogP contribution in [0, 0.1) is 0 Å². The maximum atomic E-state index is 5.92. The van der Waals surface area contributed by atoms with Gasteiger partial charge in [-0.2, -0.15) is 0 Å². The molecule has 0 saturated carbocycles. The van der Waals surface area contributed by atoms with Crippen LogP contribution in [-0.2, 0) is 6.42 Å². The Kier molecular flexibility index (Phi) is 3.85. The number of hydrogen-bond acceptors (Lipinski definition) is 2. The fourth-order valence-electron chi connectivity index (χ4n) is 2.07. The minimum atomic E-state index is 0.636. The molecule has 1 aromatic heterocycles. The van der Waals surface area contributed by atoms with E-state index in [1.165, 1.54) is 37.2 Å². The van der Waals surface area contributed by atoms with Crippen LogP contribution in [0.25, 0.3) is 0 Å². The summed E-state index contributed by atoms with van der Waals surface area (Å²) < 4.78 is 0. The second kappa shape index (κ2) is 5.15. The number of hydrogen-bond donors (Lipinski definition) is 0. The zero-order valence-corrected chi connectivity index (χ0v) is 9.86. The highest BCUT2D eigenvalue weighted by atomic mass is 35.5. The third-order valence-electron chi connectivity index (χ3n) is 2.90. The Balaban J connectivity index is 1.80. The molecule has 1 atom stereocenters. The van der Waals surface area contributed by atoms with Crippen LogP contribution < -0.4 is 0 Å². The zero-order chi connectivity index (χ0) is 9.80. The molecule has 1 nitrogen and oxygen atoms in total. The van der Waals surface area contributed by atoms with Crippen molar-refractivity contribution in [3.05, 3.63) is 22.4 Å². The van der Waals surface area contributed by atoms with Crippen molar-refractivity contribution in [2.75, 3.05) is 19.0 Å². The number of alkyl halides is 1. The molecule has 3 heteroatoms. The minimum absolute atomic E-state index is 0.636. The third-order valence-corrected chi connectivity index (χ3v) is 4.20. The molecule has 0 spiro atoms. The summed E-state index contributed by atoms with van der Waals surface area (Å²) in [4.78, 5) is 4.03. The molecule has 0 amide bonds. The average molecular weight is 230 g/mol. The van der Waals surface area contributed by atoms with Crippen molar-refractivity contribution in [1.82, 2.24) is 4.90 Å². The molecule has 78 valence electrons. The normalized spacial score (nSPS) is 23.1. The van der Waals surface area contributed by atoms with Gasteiger partial charge >= 0.3 is 0 Å². The molecule has 0 bridgehead atoms. The van der Waals surface area contributed by atoms with E-state index in [2.05, 4.69) is 22.4 Å². The summed E-state index contributed by atoms with van der Waals surface area (Å²) in [5, 5.41) is 2.15. The van der Waals surface area contributed by atoms with Crippen molar-refractivity contribution in [3.63, 3.8) is 0 Å². The predicted octanol–water partition coefficient (Wildman–Crippen LogP) is 2.99. The average Bonchev–Trinajstić information content (AvgIpc) is 2.85. The first-order valence-electron chi connectivity index (χ1n) is 5.22. The molecule has 1 aliphatic heterocycles. The van der Waals surface area contributed by atoms with Crippen molar-refractivity contribution >= 4 is 22.9 Å². The molecule has 1 saturated heterocycles. The Morgan fingerprint density at radius 3 is 3.21 bits per heavy atom. The molecule has 1 unspecified atom stereocenters. The number of nitrogens with zero attached hydrogens (tertiary/aromatic N) is 1. The molecule has 1 aliphatic rings. The molecule has 1 aromatic rings. The largest absolute Gasteiger partial charge is 0.299 e. The molecule has 0 N–H and O–H groups in total. The SMILES string of the molecule is ClCC1CCCN1CCc1cccs1. The Morgan fingerprint density at radius 1 is 1.57 bits per heavy atom. The highest BCUT2D eigenvalue weighted by molar-refractivity contribution is 7.09. The van der Waals surface area contributed by atoms with Gasteiger partial charge in [0.1, 0.15) is 0 Å². The summed E-state index contributed by atoms with van der Waals surface area (Å²) in [6, 6.07) is 4.98. The molecule has 0 radical (unpaired) electrons. The minimum Gasteiger partial charge on any atom is -0.299 e. The predicted molar refractivity (Wildman–Crippen MR) is 63.3 cm³/mol. The fraction of sp³-hybridized carbons (Fsp3) is 0.636. The first kappa shape index (κ1) is 10.5. The summed E-state index contributed by atoms with van der Waals surface area (Å²) in [7, 11) is 0. The van der Waals surface area contributed by atoms with Crippen LogP contribution >= 0.6 is 22.9 Å². The molecule has 2 heterocycles. The van der Waals surface area contributed by atoms with Gasteiger partial charge in [-0.25, -0.2) is 0 Å². The monoisotopic (exact) mass is 229 g/mol. The second-order valence-electron chi connectivity index (χ2n) is 3.82. The summed E-state index contributed by atoms with van der Waals surface area (Å²) in [6.07, 6.45) is 3.79. The van der Waals surface area contributed by atoms with E-state index in [1.54, 1.807) is 0 Å². The Morgan fingerprint density at radius 2 is 2.50 bits per heavy atom. The van der Waals surface area contributed by atoms with Gasteiger partial charge in [0.05, 0.1) is 0 Å². The Labute approximate surface area is 94.7 Å². The lowest BCUT2D eigenvalue weighted by Crippen LogP contribution is -2.32. The van der Waals surface area contributed by atoms with Crippen molar-refractivity contribution in [2.24, 2.45) is 0 Å². The van der Waals surface area contributed by atoms with Gasteiger partial charge in [-0.1, -0.05) is 6.07 Å². The van der Waals surface area contributed by atoms with Crippen LogP contribution in [0.1, 0.15) is 17.7 Å². The van der Waals surface area contributed by atoms with Crippen LogP contribution in [-0.4, -0.2) is 29.9 Å². The van der Waals surface area contributed by atoms with Crippen LogP contribution in [0.3, 0.4) is 0 Å². The number of thiophene rings is 1. The van der Waals surface area contributed by atoms with E-state index in [9.17, 15) is 0 Å². The van der Waals surface area contributed by atoms with Gasteiger partial charge < -0.3 is 0 Å². The van der Waals surface area contributed by atoms with E-state index in [-0.39, 0.29) is 0 Å². The van der Waals surface area contributed by atoms with Gasteiger partial charge in [-0.05, 0) is 37.3 Å². The molecule has 0 aliphatic carbocycles. The van der Waals surface area contributed by atoms with E-state index in [0.29, 0.717) is 6.04 Å². The van der Waals surface area contributed by atoms with E-state index in [4.69, 9.17) is 11.6 Å². The maximum Gasteiger partial charge on any atom is 0.0379 e. The quantitative estimate of drug-likeness (QED) is 0.718. The van der Waals surface area contributed by atoms with E-state index in [1.807, 2.05) is 11.3 Å². The van der Waals surface area contributed by atoms with Gasteiger partial charge in [-0.15, -0.1) is 22.9 Å². The lowest BCUT2D eigenvalue weighted by Gasteiger charge is -2.21. The van der Waals surface area contributed by atoms with Crippen LogP contribution in [0.5, 0.6) is 0 Å². The summed E-state index contributed by atoms with van der Waals surface area (Å²) in [6.45, 7) is 2.42. The lowest BCUT2D eigenvalue weighted by molar-refractivity contribution is 0.275. The molecule has 0 aromatic carbocycles. The summed E-state index contributed by atoms with van der Waals surface area (Å²) in [5.41, 5.74) is 0.